The van der Waals surface area contributed by atoms with E-state index in [0.717, 1.165) is 18.2 Å². The lowest BCUT2D eigenvalue weighted by molar-refractivity contribution is -0.167. The van der Waals surface area contributed by atoms with Crippen molar-refractivity contribution < 1.29 is 26.4 Å². The van der Waals surface area contributed by atoms with E-state index in [-0.39, 0.29) is 16.3 Å². The van der Waals surface area contributed by atoms with Gasteiger partial charge >= 0.3 is 12.1 Å². The van der Waals surface area contributed by atoms with Gasteiger partial charge in [0.2, 0.25) is 10.0 Å². The lowest BCUT2D eigenvalue weighted by Crippen LogP contribution is -2.30. The van der Waals surface area contributed by atoms with Crippen LogP contribution in [0.5, 0.6) is 0 Å². The van der Waals surface area contributed by atoms with E-state index in [1.807, 2.05) is 0 Å². The van der Waals surface area contributed by atoms with Crippen LogP contribution in [-0.2, 0) is 14.8 Å². The van der Waals surface area contributed by atoms with Gasteiger partial charge in [-0.1, -0.05) is 0 Å². The van der Waals surface area contributed by atoms with E-state index in [4.69, 9.17) is 10.9 Å². The first-order chi connectivity index (χ1) is 8.01. The number of anilines is 2. The summed E-state index contributed by atoms with van der Waals surface area (Å²) in [6.45, 7) is 0. The molecule has 0 atom stereocenters. The Hall–Kier alpha value is -1.81. The molecule has 0 bridgehead atoms. The van der Waals surface area contributed by atoms with Crippen LogP contribution in [0.2, 0.25) is 0 Å². The summed E-state index contributed by atoms with van der Waals surface area (Å²) >= 11 is 0. The maximum absolute atomic E-state index is 12.0. The van der Waals surface area contributed by atoms with E-state index in [9.17, 15) is 26.4 Å². The minimum atomic E-state index is -5.06. The Bertz CT molecular complexity index is 583. The Morgan fingerprint density at radius 1 is 1.28 bits per heavy atom. The minimum absolute atomic E-state index is 0.348. The van der Waals surface area contributed by atoms with Gasteiger partial charge in [0.25, 0.3) is 0 Å². The van der Waals surface area contributed by atoms with Crippen LogP contribution in [0.3, 0.4) is 0 Å². The van der Waals surface area contributed by atoms with Crippen LogP contribution in [0.1, 0.15) is 0 Å². The number of hydrogen-bond donors (Lipinski definition) is 3. The highest BCUT2D eigenvalue weighted by Crippen LogP contribution is 2.24. The number of halogens is 3. The number of nitrogens with two attached hydrogens (primary N) is 2. The number of nitrogens with one attached hydrogen (secondary N) is 1. The lowest BCUT2D eigenvalue weighted by Gasteiger charge is -2.10. The first-order valence-electron chi connectivity index (χ1n) is 4.32. The average Bonchev–Trinajstić information content (AvgIpc) is 2.17. The molecule has 0 aliphatic heterocycles. The standard InChI is InChI=1S/C8H8F3N3O3S/c9-8(10,11)7(15)14-6-2-1-4(3-5(6)12)18(13,16)17/h1-3H,12H2,(H,14,15)(H2,13,16,17). The van der Waals surface area contributed by atoms with Crippen LogP contribution in [0, 0.1) is 0 Å². The largest absolute Gasteiger partial charge is 0.471 e. The topological polar surface area (TPSA) is 115 Å². The van der Waals surface area contributed by atoms with Gasteiger partial charge in [-0.05, 0) is 18.2 Å². The van der Waals surface area contributed by atoms with Gasteiger partial charge in [-0.15, -0.1) is 0 Å². The number of nitrogen functional groups attached to an aromatic ring is 1. The number of carbonyl (C=O) groups is 1. The molecule has 100 valence electrons. The van der Waals surface area contributed by atoms with Gasteiger partial charge in [-0.2, -0.15) is 13.2 Å². The molecule has 0 aromatic heterocycles. The number of carbonyl (C=O) groups excluding carboxylic acids is 1. The molecule has 1 rings (SSSR count). The number of amides is 1. The Labute approximate surface area is 99.8 Å². The van der Waals surface area contributed by atoms with Crippen LogP contribution in [0.15, 0.2) is 23.1 Å². The molecule has 1 amide bonds. The molecule has 0 aliphatic rings. The second-order valence-electron chi connectivity index (χ2n) is 3.25. The molecule has 0 fully saturated rings. The summed E-state index contributed by atoms with van der Waals surface area (Å²) in [6.07, 6.45) is -5.06. The highest BCUT2D eigenvalue weighted by molar-refractivity contribution is 7.89. The quantitative estimate of drug-likeness (QED) is 0.682. The van der Waals surface area contributed by atoms with Crippen LogP contribution in [0.25, 0.3) is 0 Å². The number of benzene rings is 1. The molecule has 0 saturated carbocycles. The Kier molecular flexibility index (Phi) is 3.53. The van der Waals surface area contributed by atoms with Crippen molar-refractivity contribution in [2.24, 2.45) is 5.14 Å². The highest BCUT2D eigenvalue weighted by atomic mass is 32.2. The maximum Gasteiger partial charge on any atom is 0.471 e. The van der Waals surface area contributed by atoms with E-state index in [1.54, 1.807) is 0 Å². The van der Waals surface area contributed by atoms with Crippen molar-refractivity contribution in [2.45, 2.75) is 11.1 Å². The van der Waals surface area contributed by atoms with Gasteiger partial charge in [-0.3, -0.25) is 4.79 Å². The van der Waals surface area contributed by atoms with Gasteiger partial charge in [-0.25, -0.2) is 13.6 Å². The average molecular weight is 283 g/mol. The van der Waals surface area contributed by atoms with Gasteiger partial charge in [0.05, 0.1) is 16.3 Å². The predicted molar refractivity (Wildman–Crippen MR) is 56.9 cm³/mol. The fourth-order valence-corrected chi connectivity index (χ4v) is 1.57. The summed E-state index contributed by atoms with van der Waals surface area (Å²) in [5, 5.41) is 6.30. The van der Waals surface area contributed by atoms with Crippen molar-refractivity contribution in [2.75, 3.05) is 11.1 Å². The normalized spacial score (nSPS) is 12.2. The molecule has 10 heteroatoms. The van der Waals surface area contributed by atoms with Gasteiger partial charge < -0.3 is 11.1 Å². The number of sulfonamides is 1. The summed E-state index contributed by atoms with van der Waals surface area (Å²) in [6, 6.07) is 2.69. The molecular formula is C8H8F3N3O3S. The van der Waals surface area contributed by atoms with Gasteiger partial charge in [0.1, 0.15) is 0 Å². The smallest absolute Gasteiger partial charge is 0.397 e. The molecule has 0 spiro atoms. The van der Waals surface area contributed by atoms with Gasteiger partial charge in [0.15, 0.2) is 0 Å². The molecule has 5 N–H and O–H groups in total. The van der Waals surface area contributed by atoms with E-state index < -0.39 is 22.1 Å². The maximum atomic E-state index is 12.0. The van der Waals surface area contributed by atoms with Crippen molar-refractivity contribution >= 4 is 27.3 Å². The highest BCUT2D eigenvalue weighted by Gasteiger charge is 2.38. The fraction of sp³-hybridized carbons (Fsp3) is 0.125. The van der Waals surface area contributed by atoms with E-state index in [2.05, 4.69) is 0 Å². The molecule has 1 aromatic carbocycles. The molecule has 0 heterocycles. The first kappa shape index (κ1) is 14.3. The third-order valence-electron chi connectivity index (χ3n) is 1.86. The van der Waals surface area contributed by atoms with Crippen molar-refractivity contribution in [3.63, 3.8) is 0 Å². The van der Waals surface area contributed by atoms with Crippen LogP contribution in [0.4, 0.5) is 24.5 Å². The summed E-state index contributed by atoms with van der Waals surface area (Å²) in [4.78, 5) is 10.3. The second-order valence-corrected chi connectivity index (χ2v) is 4.81. The van der Waals surface area contributed by atoms with Crippen molar-refractivity contribution in [1.29, 1.82) is 0 Å². The van der Waals surface area contributed by atoms with E-state index in [1.165, 1.54) is 5.32 Å². The molecule has 0 saturated heterocycles. The zero-order valence-corrected chi connectivity index (χ0v) is 9.47. The molecule has 1 aromatic rings. The van der Waals surface area contributed by atoms with Gasteiger partial charge in [0, 0.05) is 0 Å². The fourth-order valence-electron chi connectivity index (χ4n) is 1.02. The zero-order valence-electron chi connectivity index (χ0n) is 8.65. The molecule has 18 heavy (non-hydrogen) atoms. The minimum Gasteiger partial charge on any atom is -0.397 e. The molecule has 0 aliphatic carbocycles. The molecule has 0 unspecified atom stereocenters. The van der Waals surface area contributed by atoms with Crippen LogP contribution >= 0.6 is 0 Å². The van der Waals surface area contributed by atoms with Crippen molar-refractivity contribution in [3.05, 3.63) is 18.2 Å². The summed E-state index contributed by atoms with van der Waals surface area (Å²) < 4.78 is 57.8. The Morgan fingerprint density at radius 3 is 2.22 bits per heavy atom. The number of hydrogen-bond acceptors (Lipinski definition) is 4. The molecule has 0 radical (unpaired) electrons. The Morgan fingerprint density at radius 2 is 1.83 bits per heavy atom. The third-order valence-corrected chi connectivity index (χ3v) is 2.77. The molecule has 6 nitrogen and oxygen atoms in total. The monoisotopic (exact) mass is 283 g/mol. The summed E-state index contributed by atoms with van der Waals surface area (Å²) in [7, 11) is -4.01. The number of rotatable bonds is 2. The first-order valence-corrected chi connectivity index (χ1v) is 5.87. The van der Waals surface area contributed by atoms with Crippen molar-refractivity contribution in [3.8, 4) is 0 Å². The lowest BCUT2D eigenvalue weighted by atomic mass is 10.2. The van der Waals surface area contributed by atoms with E-state index in [0.29, 0.717) is 0 Å². The SMILES string of the molecule is Nc1cc(S(N)(=O)=O)ccc1NC(=O)C(F)(F)F. The van der Waals surface area contributed by atoms with Crippen LogP contribution in [-0.4, -0.2) is 20.5 Å². The number of primary sulfonamides is 1. The summed E-state index contributed by atoms with van der Waals surface area (Å²) in [5.74, 6) is -2.21. The second kappa shape index (κ2) is 4.46. The van der Waals surface area contributed by atoms with Crippen molar-refractivity contribution in [1.82, 2.24) is 0 Å². The number of alkyl halides is 3. The third kappa shape index (κ3) is 3.34. The molecular weight excluding hydrogens is 275 g/mol. The van der Waals surface area contributed by atoms with E-state index >= 15 is 0 Å². The predicted octanol–water partition coefficient (Wildman–Crippen LogP) is 0.417. The summed E-state index contributed by atoms with van der Waals surface area (Å²) in [5.41, 5.74) is 4.60. The Balaban J connectivity index is 3.05. The van der Waals surface area contributed by atoms with Crippen LogP contribution < -0.4 is 16.2 Å². The zero-order chi connectivity index (χ0) is 14.1.